The van der Waals surface area contributed by atoms with Crippen LogP contribution < -0.4 is 10.5 Å². The van der Waals surface area contributed by atoms with Crippen LogP contribution >= 0.6 is 0 Å². The van der Waals surface area contributed by atoms with Crippen LogP contribution in [0.5, 0.6) is 5.75 Å². The van der Waals surface area contributed by atoms with Gasteiger partial charge in [-0.25, -0.2) is 0 Å². The van der Waals surface area contributed by atoms with E-state index in [2.05, 4.69) is 16.4 Å². The van der Waals surface area contributed by atoms with Crippen molar-refractivity contribution in [1.29, 1.82) is 0 Å². The van der Waals surface area contributed by atoms with Crippen LogP contribution in [0.2, 0.25) is 0 Å². The van der Waals surface area contributed by atoms with Crippen LogP contribution in [0.3, 0.4) is 0 Å². The fourth-order valence-electron chi connectivity index (χ4n) is 2.14. The fraction of sp³-hybridized carbons (Fsp3) is 0.385. The molecule has 0 bridgehead atoms. The van der Waals surface area contributed by atoms with Crippen molar-refractivity contribution in [2.45, 2.75) is 19.4 Å². The van der Waals surface area contributed by atoms with E-state index in [0.717, 1.165) is 43.0 Å². The first kappa shape index (κ1) is 11.2. The van der Waals surface area contributed by atoms with Crippen LogP contribution in [0.15, 0.2) is 24.4 Å². The predicted octanol–water partition coefficient (Wildman–Crippen LogP) is 1.23. The molecule has 2 heterocycles. The molecule has 5 heteroatoms. The molecule has 0 amide bonds. The van der Waals surface area contributed by atoms with Crippen LogP contribution in [0.4, 0.5) is 0 Å². The second-order valence-electron chi connectivity index (χ2n) is 4.43. The normalized spacial score (nSPS) is 13.4. The third kappa shape index (κ3) is 2.09. The molecule has 0 aliphatic carbocycles. The number of nitrogens with zero attached hydrogens (tertiary/aromatic N) is 3. The first-order valence-corrected chi connectivity index (χ1v) is 6.23. The summed E-state index contributed by atoms with van der Waals surface area (Å²) in [5.41, 5.74) is 8.73. The summed E-state index contributed by atoms with van der Waals surface area (Å²) < 4.78 is 7.33. The Hall–Kier alpha value is -1.88. The summed E-state index contributed by atoms with van der Waals surface area (Å²) in [6.07, 6.45) is 3.86. The van der Waals surface area contributed by atoms with Gasteiger partial charge in [0.05, 0.1) is 12.8 Å². The predicted molar refractivity (Wildman–Crippen MR) is 68.3 cm³/mol. The minimum Gasteiger partial charge on any atom is -0.493 e. The fourth-order valence-corrected chi connectivity index (χ4v) is 2.14. The van der Waals surface area contributed by atoms with Gasteiger partial charge in [0.2, 0.25) is 0 Å². The zero-order valence-corrected chi connectivity index (χ0v) is 10.2. The van der Waals surface area contributed by atoms with E-state index in [-0.39, 0.29) is 0 Å². The Morgan fingerprint density at radius 1 is 1.39 bits per heavy atom. The van der Waals surface area contributed by atoms with E-state index >= 15 is 0 Å². The Morgan fingerprint density at radius 2 is 2.33 bits per heavy atom. The molecule has 0 spiro atoms. The third-order valence-corrected chi connectivity index (χ3v) is 3.12. The van der Waals surface area contributed by atoms with E-state index in [1.54, 1.807) is 0 Å². The van der Waals surface area contributed by atoms with Crippen molar-refractivity contribution in [3.8, 4) is 17.0 Å². The Morgan fingerprint density at radius 3 is 3.22 bits per heavy atom. The maximum absolute atomic E-state index is 5.49. The average Bonchev–Trinajstić information content (AvgIpc) is 3.04. The lowest BCUT2D eigenvalue weighted by molar-refractivity contribution is 0.357. The molecule has 0 fully saturated rings. The highest BCUT2D eigenvalue weighted by atomic mass is 16.5. The van der Waals surface area contributed by atoms with Crippen LogP contribution in [-0.2, 0) is 13.0 Å². The van der Waals surface area contributed by atoms with Gasteiger partial charge in [0, 0.05) is 18.5 Å². The number of nitrogens with two attached hydrogens (primary N) is 1. The van der Waals surface area contributed by atoms with Crippen molar-refractivity contribution in [2.75, 3.05) is 13.2 Å². The molecule has 1 aromatic carbocycles. The summed E-state index contributed by atoms with van der Waals surface area (Å²) in [6.45, 7) is 2.27. The lowest BCUT2D eigenvalue weighted by Crippen LogP contribution is -2.06. The van der Waals surface area contributed by atoms with Gasteiger partial charge in [-0.2, -0.15) is 0 Å². The molecule has 94 valence electrons. The van der Waals surface area contributed by atoms with Gasteiger partial charge in [-0.1, -0.05) is 5.21 Å². The first-order chi connectivity index (χ1) is 8.86. The minimum atomic E-state index is 0.672. The van der Waals surface area contributed by atoms with E-state index in [9.17, 15) is 0 Å². The molecule has 1 aliphatic heterocycles. The van der Waals surface area contributed by atoms with Crippen LogP contribution in [0.25, 0.3) is 11.3 Å². The van der Waals surface area contributed by atoms with Gasteiger partial charge >= 0.3 is 0 Å². The number of rotatable bonds is 4. The van der Waals surface area contributed by atoms with Crippen molar-refractivity contribution in [1.82, 2.24) is 15.0 Å². The van der Waals surface area contributed by atoms with Crippen LogP contribution in [-0.4, -0.2) is 28.1 Å². The summed E-state index contributed by atoms with van der Waals surface area (Å²) in [6, 6.07) is 6.18. The van der Waals surface area contributed by atoms with Crippen molar-refractivity contribution >= 4 is 0 Å². The molecule has 0 saturated heterocycles. The number of fused-ring (bicyclic) bond motifs is 1. The summed E-state index contributed by atoms with van der Waals surface area (Å²) >= 11 is 0. The molecule has 1 aliphatic rings. The molecule has 0 saturated carbocycles. The second kappa shape index (κ2) is 4.78. The molecular weight excluding hydrogens is 228 g/mol. The summed E-state index contributed by atoms with van der Waals surface area (Å²) in [7, 11) is 0. The highest BCUT2D eigenvalue weighted by Crippen LogP contribution is 2.29. The largest absolute Gasteiger partial charge is 0.493 e. The number of benzene rings is 1. The summed E-state index contributed by atoms with van der Waals surface area (Å²) in [5.74, 6) is 0.995. The Kier molecular flexibility index (Phi) is 2.98. The van der Waals surface area contributed by atoms with Gasteiger partial charge in [-0.3, -0.25) is 4.68 Å². The SMILES string of the molecule is NCCCn1cc(-c2ccc3c(c2)CCO3)nn1. The molecule has 0 atom stereocenters. The number of hydrogen-bond donors (Lipinski definition) is 1. The monoisotopic (exact) mass is 244 g/mol. The lowest BCUT2D eigenvalue weighted by Gasteiger charge is -2.00. The second-order valence-corrected chi connectivity index (χ2v) is 4.43. The third-order valence-electron chi connectivity index (χ3n) is 3.12. The summed E-state index contributed by atoms with van der Waals surface area (Å²) in [4.78, 5) is 0. The Balaban J connectivity index is 1.83. The smallest absolute Gasteiger partial charge is 0.122 e. The van der Waals surface area contributed by atoms with Crippen LogP contribution in [0.1, 0.15) is 12.0 Å². The Labute approximate surface area is 106 Å². The molecular formula is C13H16N4O. The van der Waals surface area contributed by atoms with E-state index < -0.39 is 0 Å². The first-order valence-electron chi connectivity index (χ1n) is 6.23. The standard InChI is InChI=1S/C13H16N4O/c14-5-1-6-17-9-12(15-16-17)10-2-3-13-11(8-10)4-7-18-13/h2-3,8-9H,1,4-7,14H2. The zero-order chi connectivity index (χ0) is 12.4. The molecule has 5 nitrogen and oxygen atoms in total. The highest BCUT2D eigenvalue weighted by Gasteiger charge is 2.13. The van der Waals surface area contributed by atoms with Gasteiger partial charge in [0.15, 0.2) is 0 Å². The number of aromatic nitrogens is 3. The van der Waals surface area contributed by atoms with E-state index in [1.807, 2.05) is 23.0 Å². The van der Waals surface area contributed by atoms with Crippen molar-refractivity contribution in [3.05, 3.63) is 30.0 Å². The summed E-state index contributed by atoms with van der Waals surface area (Å²) in [5, 5.41) is 8.30. The number of ether oxygens (including phenoxy) is 1. The van der Waals surface area contributed by atoms with Crippen molar-refractivity contribution in [2.24, 2.45) is 5.73 Å². The van der Waals surface area contributed by atoms with Gasteiger partial charge in [0.25, 0.3) is 0 Å². The average molecular weight is 244 g/mol. The van der Waals surface area contributed by atoms with E-state index in [0.29, 0.717) is 6.54 Å². The molecule has 2 N–H and O–H groups in total. The van der Waals surface area contributed by atoms with E-state index in [4.69, 9.17) is 10.5 Å². The minimum absolute atomic E-state index is 0.672. The maximum atomic E-state index is 5.49. The molecule has 2 aromatic rings. The van der Waals surface area contributed by atoms with Gasteiger partial charge < -0.3 is 10.5 Å². The van der Waals surface area contributed by atoms with Crippen LogP contribution in [0, 0.1) is 0 Å². The molecule has 1 aromatic heterocycles. The molecule has 3 rings (SSSR count). The highest BCUT2D eigenvalue weighted by molar-refractivity contribution is 5.61. The van der Waals surface area contributed by atoms with Gasteiger partial charge in [0.1, 0.15) is 11.4 Å². The van der Waals surface area contributed by atoms with Gasteiger partial charge in [-0.05, 0) is 36.7 Å². The number of hydrogen-bond acceptors (Lipinski definition) is 4. The van der Waals surface area contributed by atoms with Gasteiger partial charge in [-0.15, -0.1) is 5.10 Å². The van der Waals surface area contributed by atoms with Crippen molar-refractivity contribution in [3.63, 3.8) is 0 Å². The quantitative estimate of drug-likeness (QED) is 0.878. The number of aryl methyl sites for hydroxylation is 1. The maximum Gasteiger partial charge on any atom is 0.122 e. The van der Waals surface area contributed by atoms with E-state index in [1.165, 1.54) is 5.56 Å². The van der Waals surface area contributed by atoms with Crippen molar-refractivity contribution < 1.29 is 4.74 Å². The lowest BCUT2D eigenvalue weighted by atomic mass is 10.1. The molecule has 0 radical (unpaired) electrons. The Bertz CT molecular complexity index is 550. The molecule has 18 heavy (non-hydrogen) atoms. The zero-order valence-electron chi connectivity index (χ0n) is 10.2. The molecule has 0 unspecified atom stereocenters. The topological polar surface area (TPSA) is 66.0 Å².